The van der Waals surface area contributed by atoms with Gasteiger partial charge in [0.25, 0.3) is 0 Å². The lowest BCUT2D eigenvalue weighted by atomic mass is 9.92. The average Bonchev–Trinajstić information content (AvgIpc) is 3.07. The van der Waals surface area contributed by atoms with Gasteiger partial charge in [-0.15, -0.1) is 0 Å². The Morgan fingerprint density at radius 1 is 1.50 bits per heavy atom. The van der Waals surface area contributed by atoms with E-state index in [4.69, 9.17) is 0 Å². The van der Waals surface area contributed by atoms with Crippen molar-refractivity contribution in [2.24, 2.45) is 5.92 Å². The molecule has 0 radical (unpaired) electrons. The summed E-state index contributed by atoms with van der Waals surface area (Å²) < 4.78 is 1.71. The summed E-state index contributed by atoms with van der Waals surface area (Å²) in [5.74, 6) is 1.02. The van der Waals surface area contributed by atoms with E-state index in [1.807, 2.05) is 24.4 Å². The van der Waals surface area contributed by atoms with Crippen LogP contribution >= 0.6 is 0 Å². The zero-order valence-electron chi connectivity index (χ0n) is 12.7. The van der Waals surface area contributed by atoms with E-state index < -0.39 is 0 Å². The van der Waals surface area contributed by atoms with Crippen LogP contribution in [-0.4, -0.2) is 33.3 Å². The number of amides is 1. The lowest BCUT2D eigenvalue weighted by Gasteiger charge is -2.27. The number of hydrogen-bond donors (Lipinski definition) is 2. The van der Waals surface area contributed by atoms with Gasteiger partial charge in [-0.1, -0.05) is 0 Å². The van der Waals surface area contributed by atoms with Gasteiger partial charge in [0, 0.05) is 37.1 Å². The molecule has 3 rings (SSSR count). The van der Waals surface area contributed by atoms with Crippen LogP contribution < -0.4 is 10.6 Å². The first-order valence-corrected chi connectivity index (χ1v) is 7.68. The van der Waals surface area contributed by atoms with Gasteiger partial charge in [-0.05, 0) is 50.1 Å². The van der Waals surface area contributed by atoms with Crippen molar-refractivity contribution in [3.63, 3.8) is 0 Å². The minimum Gasteiger partial charge on any atom is -0.352 e. The first kappa shape index (κ1) is 14.7. The van der Waals surface area contributed by atoms with Crippen LogP contribution in [0.25, 0.3) is 5.82 Å². The number of rotatable bonds is 4. The van der Waals surface area contributed by atoms with Gasteiger partial charge >= 0.3 is 0 Å². The summed E-state index contributed by atoms with van der Waals surface area (Å²) in [5.41, 5.74) is 1.02. The van der Waals surface area contributed by atoms with Gasteiger partial charge in [0.15, 0.2) is 5.82 Å². The number of aromatic nitrogens is 3. The Kier molecular flexibility index (Phi) is 4.48. The Morgan fingerprint density at radius 2 is 2.41 bits per heavy atom. The maximum Gasteiger partial charge on any atom is 0.223 e. The number of nitrogens with one attached hydrogen (secondary N) is 2. The molecule has 2 aromatic rings. The van der Waals surface area contributed by atoms with Crippen LogP contribution in [0.3, 0.4) is 0 Å². The predicted molar refractivity (Wildman–Crippen MR) is 83.4 cm³/mol. The highest BCUT2D eigenvalue weighted by Crippen LogP contribution is 2.16. The molecule has 0 aromatic carbocycles. The van der Waals surface area contributed by atoms with Crippen LogP contribution in [-0.2, 0) is 11.3 Å². The van der Waals surface area contributed by atoms with E-state index >= 15 is 0 Å². The molecule has 2 N–H and O–H groups in total. The molecule has 0 bridgehead atoms. The third-order valence-electron chi connectivity index (χ3n) is 4.01. The van der Waals surface area contributed by atoms with E-state index in [9.17, 15) is 4.79 Å². The fourth-order valence-electron chi connectivity index (χ4n) is 2.80. The van der Waals surface area contributed by atoms with Crippen LogP contribution in [0.2, 0.25) is 0 Å². The van der Waals surface area contributed by atoms with Gasteiger partial charge < -0.3 is 10.6 Å². The summed E-state index contributed by atoms with van der Waals surface area (Å²) in [5, 5.41) is 10.6. The topological polar surface area (TPSA) is 71.8 Å². The van der Waals surface area contributed by atoms with Gasteiger partial charge in [-0.2, -0.15) is 5.10 Å². The van der Waals surface area contributed by atoms with Crippen LogP contribution in [0.5, 0.6) is 0 Å². The van der Waals surface area contributed by atoms with Gasteiger partial charge in [-0.25, -0.2) is 9.67 Å². The van der Waals surface area contributed by atoms with Crippen LogP contribution in [0.15, 0.2) is 36.8 Å². The van der Waals surface area contributed by atoms with Crippen LogP contribution in [0.1, 0.15) is 25.3 Å². The third kappa shape index (κ3) is 3.51. The lowest BCUT2D eigenvalue weighted by molar-refractivity contribution is -0.126. The number of carbonyl (C=O) groups is 1. The molecule has 0 aliphatic carbocycles. The molecular formula is C16H21N5O. The van der Waals surface area contributed by atoms with E-state index in [0.717, 1.165) is 30.8 Å². The Balaban J connectivity index is 1.59. The molecule has 1 aliphatic rings. The monoisotopic (exact) mass is 299 g/mol. The van der Waals surface area contributed by atoms with Gasteiger partial charge in [0.1, 0.15) is 0 Å². The van der Waals surface area contributed by atoms with E-state index in [1.165, 1.54) is 0 Å². The fraction of sp³-hybridized carbons (Fsp3) is 0.438. The summed E-state index contributed by atoms with van der Waals surface area (Å²) in [7, 11) is 0. The van der Waals surface area contributed by atoms with Crippen molar-refractivity contribution in [2.75, 3.05) is 6.54 Å². The van der Waals surface area contributed by atoms with Crippen molar-refractivity contribution >= 4 is 5.91 Å². The lowest BCUT2D eigenvalue weighted by Crippen LogP contribution is -2.42. The minimum absolute atomic E-state index is 0.115. The molecule has 1 saturated heterocycles. The SMILES string of the molecule is C[C@H]1C[C@@H](C(=O)NCc2ccnc(-n3cccn3)c2)CCN1. The van der Waals surface area contributed by atoms with E-state index in [1.54, 1.807) is 17.1 Å². The molecule has 1 fully saturated rings. The molecule has 2 atom stereocenters. The molecule has 1 amide bonds. The van der Waals surface area contributed by atoms with Crippen molar-refractivity contribution in [1.29, 1.82) is 0 Å². The van der Waals surface area contributed by atoms with Crippen molar-refractivity contribution in [3.05, 3.63) is 42.4 Å². The van der Waals surface area contributed by atoms with Crippen molar-refractivity contribution in [2.45, 2.75) is 32.4 Å². The molecule has 6 nitrogen and oxygen atoms in total. The van der Waals surface area contributed by atoms with Gasteiger partial charge in [0.05, 0.1) is 0 Å². The zero-order valence-corrected chi connectivity index (χ0v) is 12.7. The predicted octanol–water partition coefficient (Wildman–Crippen LogP) is 1.27. The van der Waals surface area contributed by atoms with Gasteiger partial charge in [0.2, 0.25) is 5.91 Å². The van der Waals surface area contributed by atoms with Gasteiger partial charge in [-0.3, -0.25) is 4.79 Å². The highest BCUT2D eigenvalue weighted by atomic mass is 16.1. The van der Waals surface area contributed by atoms with E-state index in [2.05, 4.69) is 27.6 Å². The first-order chi connectivity index (χ1) is 10.7. The maximum atomic E-state index is 12.3. The number of nitrogens with zero attached hydrogens (tertiary/aromatic N) is 3. The van der Waals surface area contributed by atoms with Crippen LogP contribution in [0.4, 0.5) is 0 Å². The summed E-state index contributed by atoms with van der Waals surface area (Å²) in [6.45, 7) is 3.56. The Labute approximate surface area is 129 Å². The fourth-order valence-corrected chi connectivity index (χ4v) is 2.80. The highest BCUT2D eigenvalue weighted by Gasteiger charge is 2.24. The minimum atomic E-state index is 0.115. The van der Waals surface area contributed by atoms with Crippen molar-refractivity contribution in [1.82, 2.24) is 25.4 Å². The molecule has 0 spiro atoms. The van der Waals surface area contributed by atoms with Crippen LogP contribution in [0, 0.1) is 5.92 Å². The number of pyridine rings is 1. The third-order valence-corrected chi connectivity index (χ3v) is 4.01. The molecule has 116 valence electrons. The number of hydrogen-bond acceptors (Lipinski definition) is 4. The second kappa shape index (κ2) is 6.70. The van der Waals surface area contributed by atoms with E-state index in [0.29, 0.717) is 12.6 Å². The van der Waals surface area contributed by atoms with Crippen molar-refractivity contribution in [3.8, 4) is 5.82 Å². The molecule has 3 heterocycles. The standard InChI is InChI=1S/C16H21N5O/c1-12-9-14(4-7-17-12)16(22)19-11-13-3-6-18-15(10-13)21-8-2-5-20-21/h2-3,5-6,8,10,12,14,17H,4,7,9,11H2,1H3,(H,19,22)/t12-,14-/m0/s1. The molecule has 6 heteroatoms. The van der Waals surface area contributed by atoms with Crippen molar-refractivity contribution < 1.29 is 4.79 Å². The molecule has 0 unspecified atom stereocenters. The Hall–Kier alpha value is -2.21. The summed E-state index contributed by atoms with van der Waals surface area (Å²) in [4.78, 5) is 16.5. The second-order valence-electron chi connectivity index (χ2n) is 5.77. The number of carbonyl (C=O) groups excluding carboxylic acids is 1. The Bertz CT molecular complexity index is 625. The summed E-state index contributed by atoms with van der Waals surface area (Å²) >= 11 is 0. The molecule has 2 aromatic heterocycles. The second-order valence-corrected chi connectivity index (χ2v) is 5.77. The molecule has 1 aliphatic heterocycles. The number of piperidine rings is 1. The molecule has 0 saturated carbocycles. The smallest absolute Gasteiger partial charge is 0.223 e. The molecular weight excluding hydrogens is 278 g/mol. The quantitative estimate of drug-likeness (QED) is 0.892. The average molecular weight is 299 g/mol. The largest absolute Gasteiger partial charge is 0.352 e. The summed E-state index contributed by atoms with van der Waals surface area (Å²) in [6, 6.07) is 6.13. The normalized spacial score (nSPS) is 21.5. The Morgan fingerprint density at radius 3 is 3.18 bits per heavy atom. The molecule has 22 heavy (non-hydrogen) atoms. The summed E-state index contributed by atoms with van der Waals surface area (Å²) in [6.07, 6.45) is 7.12. The zero-order chi connectivity index (χ0) is 15.4. The highest BCUT2D eigenvalue weighted by molar-refractivity contribution is 5.78. The maximum absolute atomic E-state index is 12.3. The van der Waals surface area contributed by atoms with E-state index in [-0.39, 0.29) is 11.8 Å². The first-order valence-electron chi connectivity index (χ1n) is 7.68.